The molecule has 0 aromatic rings. The van der Waals surface area contributed by atoms with E-state index in [4.69, 9.17) is 14.2 Å². The van der Waals surface area contributed by atoms with Crippen molar-refractivity contribution in [2.75, 3.05) is 0 Å². The van der Waals surface area contributed by atoms with Crippen LogP contribution in [0.5, 0.6) is 0 Å². The van der Waals surface area contributed by atoms with Gasteiger partial charge in [-0.25, -0.2) is 4.79 Å². The molecule has 0 amide bonds. The molecule has 1 saturated heterocycles. The summed E-state index contributed by atoms with van der Waals surface area (Å²) < 4.78 is 17.1. The summed E-state index contributed by atoms with van der Waals surface area (Å²) in [6.45, 7) is 17.3. The van der Waals surface area contributed by atoms with Crippen LogP contribution in [0.1, 0.15) is 88.0 Å². The van der Waals surface area contributed by atoms with Gasteiger partial charge in [-0.05, 0) is 87.5 Å². The number of ether oxygens (including phenoxy) is 3. The summed E-state index contributed by atoms with van der Waals surface area (Å²) >= 11 is 0. The highest BCUT2D eigenvalue weighted by Gasteiger charge is 2.74. The Bertz CT molecular complexity index is 1510. The first-order valence-corrected chi connectivity index (χ1v) is 16.1. The Morgan fingerprint density at radius 1 is 0.957 bits per heavy atom. The van der Waals surface area contributed by atoms with Crippen molar-refractivity contribution < 1.29 is 34.0 Å². The van der Waals surface area contributed by atoms with Gasteiger partial charge < -0.3 is 24.4 Å². The lowest BCUT2D eigenvalue weighted by Crippen LogP contribution is -2.46. The minimum Gasteiger partial charge on any atom is -0.462 e. The minimum absolute atomic E-state index is 0.256. The molecule has 2 aliphatic heterocycles. The molecule has 7 nitrogen and oxygen atoms in total. The third kappa shape index (κ3) is 7.72. The maximum atomic E-state index is 12.5. The maximum absolute atomic E-state index is 12.5. The molecule has 0 aromatic carbocycles. The maximum Gasteiger partial charge on any atom is 0.343 e. The third-order valence-electron chi connectivity index (χ3n) is 9.53. The Labute approximate surface area is 274 Å². The van der Waals surface area contributed by atoms with Crippen LogP contribution in [-0.2, 0) is 23.8 Å². The number of esters is 2. The highest BCUT2D eigenvalue weighted by atomic mass is 16.6. The van der Waals surface area contributed by atoms with Gasteiger partial charge in [0.1, 0.15) is 23.1 Å². The van der Waals surface area contributed by atoms with Crippen LogP contribution < -0.4 is 0 Å². The van der Waals surface area contributed by atoms with Crippen molar-refractivity contribution in [3.05, 3.63) is 101 Å². The quantitative estimate of drug-likeness (QED) is 0.126. The first kappa shape index (κ1) is 35.4. The van der Waals surface area contributed by atoms with Crippen molar-refractivity contribution in [1.82, 2.24) is 0 Å². The third-order valence-corrected chi connectivity index (χ3v) is 9.53. The van der Waals surface area contributed by atoms with Gasteiger partial charge in [0.25, 0.3) is 0 Å². The topological polar surface area (TPSA) is 106 Å². The second-order valence-electron chi connectivity index (χ2n) is 14.9. The molecule has 0 aromatic heterocycles. The largest absolute Gasteiger partial charge is 0.462 e. The summed E-state index contributed by atoms with van der Waals surface area (Å²) in [6, 6.07) is 0. The number of aliphatic hydroxyl groups is 2. The number of allylic oxidation sites excluding steroid dienone is 10. The smallest absolute Gasteiger partial charge is 0.343 e. The molecule has 248 valence electrons. The van der Waals surface area contributed by atoms with Crippen molar-refractivity contribution in [2.24, 2.45) is 10.8 Å². The zero-order valence-corrected chi connectivity index (χ0v) is 28.8. The van der Waals surface area contributed by atoms with Gasteiger partial charge in [-0.3, -0.25) is 4.79 Å². The highest BCUT2D eigenvalue weighted by molar-refractivity contribution is 5.95. The Hall–Kier alpha value is -3.48. The van der Waals surface area contributed by atoms with Gasteiger partial charge in [-0.1, -0.05) is 64.2 Å². The number of hydrogen-bond acceptors (Lipinski definition) is 7. The van der Waals surface area contributed by atoms with Crippen LogP contribution >= 0.6 is 0 Å². The number of cyclic esters (lactones) is 1. The van der Waals surface area contributed by atoms with Crippen LogP contribution in [0.2, 0.25) is 0 Å². The molecular formula is C39H50O7. The van der Waals surface area contributed by atoms with E-state index in [9.17, 15) is 19.8 Å². The molecule has 2 N–H and O–H groups in total. The van der Waals surface area contributed by atoms with Crippen LogP contribution in [0, 0.1) is 10.8 Å². The first-order chi connectivity index (χ1) is 21.3. The molecule has 2 aliphatic carbocycles. The van der Waals surface area contributed by atoms with E-state index >= 15 is 0 Å². The van der Waals surface area contributed by atoms with Crippen LogP contribution in [0.4, 0.5) is 0 Å². The number of hydrogen-bond donors (Lipinski definition) is 2. The van der Waals surface area contributed by atoms with E-state index in [1.165, 1.54) is 6.92 Å². The van der Waals surface area contributed by atoms with Gasteiger partial charge in [0.05, 0.1) is 17.3 Å². The van der Waals surface area contributed by atoms with E-state index in [-0.39, 0.29) is 29.0 Å². The molecular weight excluding hydrogens is 580 g/mol. The average Bonchev–Trinajstić information content (AvgIpc) is 3.36. The molecule has 46 heavy (non-hydrogen) atoms. The average molecular weight is 631 g/mol. The fourth-order valence-corrected chi connectivity index (χ4v) is 7.61. The number of fused-ring (bicyclic) bond motifs is 1. The summed E-state index contributed by atoms with van der Waals surface area (Å²) in [5.74, 6) is -0.242. The summed E-state index contributed by atoms with van der Waals surface area (Å²) in [7, 11) is 0. The Balaban J connectivity index is 1.35. The molecule has 0 spiro atoms. The number of rotatable bonds is 8. The van der Waals surface area contributed by atoms with Crippen LogP contribution in [-0.4, -0.2) is 51.2 Å². The van der Waals surface area contributed by atoms with E-state index < -0.39 is 22.8 Å². The van der Waals surface area contributed by atoms with Gasteiger partial charge in [-0.15, -0.1) is 5.73 Å². The summed E-state index contributed by atoms with van der Waals surface area (Å²) in [4.78, 5) is 24.0. The first-order valence-electron chi connectivity index (χ1n) is 16.1. The van der Waals surface area contributed by atoms with Crippen molar-refractivity contribution in [3.8, 4) is 0 Å². The monoisotopic (exact) mass is 630 g/mol. The lowest BCUT2D eigenvalue weighted by molar-refractivity contribution is -0.152. The van der Waals surface area contributed by atoms with Crippen LogP contribution in [0.25, 0.3) is 0 Å². The molecule has 0 radical (unpaired) electrons. The second-order valence-corrected chi connectivity index (χ2v) is 14.9. The summed E-state index contributed by atoms with van der Waals surface area (Å²) in [6.07, 6.45) is 22.3. The summed E-state index contributed by atoms with van der Waals surface area (Å²) in [5.41, 5.74) is 3.82. The minimum atomic E-state index is -1.12. The fraction of sp³-hybridized carbons (Fsp3) is 0.513. The standard InChI is InChI=1S/C39H50O7/c1-26(16-17-33-35(4,5)24-32(44-28(3)40)25-37(33,8)43)14-12-10-11-13-15-27(2)20-31-21-29(34(42)45-31)18-19-39-36(6,7)22-30(41)23-38(39,9)46-39/h10-16,18-21,30,32,41,43H,22-25H2,1-9H3/b12-10+,13-11+,19-18+,26-14+,27-15+,31-20+. The van der Waals surface area contributed by atoms with E-state index in [1.54, 1.807) is 19.1 Å². The van der Waals surface area contributed by atoms with Gasteiger partial charge in [-0.2, -0.15) is 0 Å². The van der Waals surface area contributed by atoms with Gasteiger partial charge >= 0.3 is 11.9 Å². The van der Waals surface area contributed by atoms with Gasteiger partial charge in [0.2, 0.25) is 0 Å². The normalized spacial score (nSPS) is 34.9. The predicted molar refractivity (Wildman–Crippen MR) is 179 cm³/mol. The predicted octanol–water partition coefficient (Wildman–Crippen LogP) is 7.21. The van der Waals surface area contributed by atoms with Gasteiger partial charge in [0, 0.05) is 30.8 Å². The van der Waals surface area contributed by atoms with Crippen molar-refractivity contribution in [3.63, 3.8) is 0 Å². The number of epoxide rings is 1. The Morgan fingerprint density at radius 3 is 2.22 bits per heavy atom. The molecule has 4 aliphatic rings. The van der Waals surface area contributed by atoms with E-state index in [0.717, 1.165) is 16.7 Å². The molecule has 5 unspecified atom stereocenters. The zero-order chi connectivity index (χ0) is 34.1. The lowest BCUT2D eigenvalue weighted by atomic mass is 9.63. The molecule has 3 fully saturated rings. The summed E-state index contributed by atoms with van der Waals surface area (Å²) in [5, 5.41) is 21.4. The Morgan fingerprint density at radius 2 is 1.61 bits per heavy atom. The second kappa shape index (κ2) is 13.0. The fourth-order valence-electron chi connectivity index (χ4n) is 7.61. The van der Waals surface area contributed by atoms with Crippen molar-refractivity contribution in [2.45, 2.75) is 117 Å². The molecule has 4 rings (SSSR count). The Kier molecular flexibility index (Phi) is 9.97. The molecule has 0 bridgehead atoms. The van der Waals surface area contributed by atoms with Crippen LogP contribution in [0.15, 0.2) is 101 Å². The van der Waals surface area contributed by atoms with E-state index in [0.29, 0.717) is 37.0 Å². The number of carbonyl (C=O) groups is 2. The van der Waals surface area contributed by atoms with E-state index in [1.807, 2.05) is 89.3 Å². The molecule has 2 heterocycles. The zero-order valence-electron chi connectivity index (χ0n) is 28.8. The van der Waals surface area contributed by atoms with Crippen LogP contribution in [0.3, 0.4) is 0 Å². The van der Waals surface area contributed by atoms with Crippen molar-refractivity contribution >= 4 is 11.9 Å². The molecule has 7 heteroatoms. The number of carbonyl (C=O) groups excluding carboxylic acids is 2. The highest BCUT2D eigenvalue weighted by Crippen LogP contribution is 2.66. The van der Waals surface area contributed by atoms with Gasteiger partial charge in [0.15, 0.2) is 0 Å². The SMILES string of the molecule is CC(=O)OC1CC(C)(C)C(=C=C/C(C)=C/C=C/C=C/C=C(C)/C=C2C=C(/C=C/C34OC3(C)CC(O)CC4(C)C)C(=O)O\2)C(C)(O)C1. The molecule has 5 atom stereocenters. The molecule has 2 saturated carbocycles. The van der Waals surface area contributed by atoms with Crippen molar-refractivity contribution in [1.29, 1.82) is 0 Å². The lowest BCUT2D eigenvalue weighted by Gasteiger charge is -2.44. The van der Waals surface area contributed by atoms with E-state index in [2.05, 4.69) is 19.6 Å². The number of aliphatic hydroxyl groups excluding tert-OH is 1.